The summed E-state index contributed by atoms with van der Waals surface area (Å²) in [5, 5.41) is 5.43. The second kappa shape index (κ2) is 6.92. The SMILES string of the molecule is Cc1cc(=O)[nH]c(NN=Cc2c(-c3ccccc3)n(C)c3ccccc23)n1. The number of nitrogens with zero attached hydrogens (tertiary/aromatic N) is 3. The number of aromatic nitrogens is 3. The second-order valence-electron chi connectivity index (χ2n) is 6.31. The number of hydrazone groups is 1. The minimum atomic E-state index is -0.213. The van der Waals surface area contributed by atoms with Gasteiger partial charge in [0.05, 0.1) is 11.9 Å². The number of H-pyrrole nitrogens is 1. The third kappa shape index (κ3) is 3.25. The minimum Gasteiger partial charge on any atom is -0.343 e. The topological polar surface area (TPSA) is 75.1 Å². The molecule has 0 atom stereocenters. The molecular weight excluding hydrogens is 338 g/mol. The maximum atomic E-state index is 11.6. The van der Waals surface area contributed by atoms with E-state index >= 15 is 0 Å². The van der Waals surface area contributed by atoms with E-state index in [0.29, 0.717) is 11.6 Å². The van der Waals surface area contributed by atoms with Crippen LogP contribution in [-0.4, -0.2) is 20.7 Å². The van der Waals surface area contributed by atoms with Gasteiger partial charge in [-0.1, -0.05) is 48.5 Å². The van der Waals surface area contributed by atoms with E-state index in [0.717, 1.165) is 27.7 Å². The van der Waals surface area contributed by atoms with E-state index in [-0.39, 0.29) is 5.56 Å². The van der Waals surface area contributed by atoms with Gasteiger partial charge in [0.25, 0.3) is 5.56 Å². The van der Waals surface area contributed by atoms with Gasteiger partial charge >= 0.3 is 0 Å². The first-order valence-corrected chi connectivity index (χ1v) is 8.63. The van der Waals surface area contributed by atoms with Gasteiger partial charge in [0, 0.05) is 35.3 Å². The lowest BCUT2D eigenvalue weighted by molar-refractivity contribution is 0.977. The van der Waals surface area contributed by atoms with Crippen LogP contribution in [0.25, 0.3) is 22.2 Å². The average molecular weight is 357 g/mol. The monoisotopic (exact) mass is 357 g/mol. The summed E-state index contributed by atoms with van der Waals surface area (Å²) in [7, 11) is 2.05. The molecule has 0 saturated carbocycles. The fourth-order valence-corrected chi connectivity index (χ4v) is 3.29. The van der Waals surface area contributed by atoms with E-state index in [2.05, 4.69) is 56.4 Å². The van der Waals surface area contributed by atoms with Gasteiger partial charge in [-0.25, -0.2) is 10.4 Å². The summed E-state index contributed by atoms with van der Waals surface area (Å²) >= 11 is 0. The van der Waals surface area contributed by atoms with Crippen LogP contribution in [0.2, 0.25) is 0 Å². The van der Waals surface area contributed by atoms with Crippen LogP contribution in [0.15, 0.2) is 70.6 Å². The summed E-state index contributed by atoms with van der Waals surface area (Å²) in [5.41, 5.74) is 7.55. The number of aryl methyl sites for hydroxylation is 2. The van der Waals surface area contributed by atoms with E-state index < -0.39 is 0 Å². The van der Waals surface area contributed by atoms with Crippen molar-refractivity contribution in [3.05, 3.63) is 82.3 Å². The zero-order valence-electron chi connectivity index (χ0n) is 15.1. The van der Waals surface area contributed by atoms with Gasteiger partial charge in [0.15, 0.2) is 0 Å². The largest absolute Gasteiger partial charge is 0.343 e. The van der Waals surface area contributed by atoms with Gasteiger partial charge in [-0.15, -0.1) is 0 Å². The molecule has 2 heterocycles. The Morgan fingerprint density at radius 2 is 1.85 bits per heavy atom. The van der Waals surface area contributed by atoms with Gasteiger partial charge in [-0.3, -0.25) is 9.78 Å². The predicted octanol–water partition coefficient (Wildman–Crippen LogP) is 3.68. The molecule has 0 aliphatic carbocycles. The third-order valence-corrected chi connectivity index (χ3v) is 4.43. The molecule has 0 radical (unpaired) electrons. The van der Waals surface area contributed by atoms with Crippen LogP contribution in [0.5, 0.6) is 0 Å². The van der Waals surface area contributed by atoms with Crippen molar-refractivity contribution in [1.29, 1.82) is 0 Å². The Balaban J connectivity index is 1.79. The van der Waals surface area contributed by atoms with Crippen molar-refractivity contribution in [2.45, 2.75) is 6.92 Å². The van der Waals surface area contributed by atoms with Gasteiger partial charge in [-0.2, -0.15) is 5.10 Å². The molecule has 0 aliphatic rings. The molecule has 0 bridgehead atoms. The van der Waals surface area contributed by atoms with E-state index in [1.165, 1.54) is 6.07 Å². The number of fused-ring (bicyclic) bond motifs is 1. The Morgan fingerprint density at radius 1 is 1.11 bits per heavy atom. The maximum Gasteiger partial charge on any atom is 0.252 e. The lowest BCUT2D eigenvalue weighted by Crippen LogP contribution is -2.10. The lowest BCUT2D eigenvalue weighted by atomic mass is 10.1. The number of aromatic amines is 1. The molecule has 2 N–H and O–H groups in total. The normalized spacial score (nSPS) is 11.3. The first-order chi connectivity index (χ1) is 13.1. The Morgan fingerprint density at radius 3 is 2.63 bits per heavy atom. The Kier molecular flexibility index (Phi) is 4.30. The quantitative estimate of drug-likeness (QED) is 0.432. The molecule has 0 saturated heterocycles. The summed E-state index contributed by atoms with van der Waals surface area (Å²) in [6.45, 7) is 1.77. The number of benzene rings is 2. The van der Waals surface area contributed by atoms with Crippen LogP contribution in [-0.2, 0) is 7.05 Å². The first-order valence-electron chi connectivity index (χ1n) is 8.63. The summed E-state index contributed by atoms with van der Waals surface area (Å²) in [6.07, 6.45) is 1.77. The highest BCUT2D eigenvalue weighted by Gasteiger charge is 2.14. The number of hydrogen-bond donors (Lipinski definition) is 2. The van der Waals surface area contributed by atoms with E-state index in [1.807, 2.05) is 30.3 Å². The van der Waals surface area contributed by atoms with Crippen molar-refractivity contribution in [2.24, 2.45) is 12.1 Å². The fraction of sp³-hybridized carbons (Fsp3) is 0.0952. The zero-order chi connectivity index (χ0) is 18.8. The van der Waals surface area contributed by atoms with Crippen molar-refractivity contribution in [1.82, 2.24) is 14.5 Å². The van der Waals surface area contributed by atoms with Crippen LogP contribution < -0.4 is 11.0 Å². The molecule has 0 amide bonds. The van der Waals surface area contributed by atoms with Gasteiger partial charge in [0.2, 0.25) is 5.95 Å². The Labute approximate surface area is 156 Å². The second-order valence-corrected chi connectivity index (χ2v) is 6.31. The summed E-state index contributed by atoms with van der Waals surface area (Å²) in [6, 6.07) is 19.9. The van der Waals surface area contributed by atoms with Gasteiger partial charge < -0.3 is 4.57 Å². The number of nitrogens with one attached hydrogen (secondary N) is 2. The van der Waals surface area contributed by atoms with Gasteiger partial charge in [-0.05, 0) is 18.6 Å². The molecule has 6 heteroatoms. The summed E-state index contributed by atoms with van der Waals surface area (Å²) < 4.78 is 2.17. The summed E-state index contributed by atoms with van der Waals surface area (Å²) in [5.74, 6) is 0.317. The highest BCUT2D eigenvalue weighted by molar-refractivity contribution is 6.06. The first kappa shape index (κ1) is 16.8. The van der Waals surface area contributed by atoms with Crippen molar-refractivity contribution in [3.8, 4) is 11.3 Å². The zero-order valence-corrected chi connectivity index (χ0v) is 15.1. The predicted molar refractivity (Wildman–Crippen MR) is 109 cm³/mol. The van der Waals surface area contributed by atoms with Crippen LogP contribution in [0, 0.1) is 6.92 Å². The van der Waals surface area contributed by atoms with E-state index in [4.69, 9.17) is 0 Å². The Hall–Kier alpha value is -3.67. The number of hydrogen-bond acceptors (Lipinski definition) is 4. The molecule has 4 rings (SSSR count). The molecule has 0 fully saturated rings. The molecule has 2 aromatic heterocycles. The molecular formula is C21H19N5O. The van der Waals surface area contributed by atoms with Crippen molar-refractivity contribution < 1.29 is 0 Å². The van der Waals surface area contributed by atoms with Crippen LogP contribution in [0.4, 0.5) is 5.95 Å². The molecule has 134 valence electrons. The average Bonchev–Trinajstić information content (AvgIpc) is 2.94. The number of rotatable bonds is 4. The van der Waals surface area contributed by atoms with Crippen molar-refractivity contribution in [3.63, 3.8) is 0 Å². The highest BCUT2D eigenvalue weighted by atomic mass is 16.1. The minimum absolute atomic E-state index is 0.213. The van der Waals surface area contributed by atoms with Crippen LogP contribution >= 0.6 is 0 Å². The molecule has 0 aliphatic heterocycles. The van der Waals surface area contributed by atoms with Crippen molar-refractivity contribution >= 4 is 23.1 Å². The molecule has 6 nitrogen and oxygen atoms in total. The fourth-order valence-electron chi connectivity index (χ4n) is 3.29. The number of para-hydroxylation sites is 1. The van der Waals surface area contributed by atoms with E-state index in [1.54, 1.807) is 13.1 Å². The van der Waals surface area contributed by atoms with E-state index in [9.17, 15) is 4.79 Å². The maximum absolute atomic E-state index is 11.6. The smallest absolute Gasteiger partial charge is 0.252 e. The Bertz CT molecular complexity index is 1190. The highest BCUT2D eigenvalue weighted by Crippen LogP contribution is 2.31. The van der Waals surface area contributed by atoms with Crippen LogP contribution in [0.1, 0.15) is 11.3 Å². The van der Waals surface area contributed by atoms with Crippen molar-refractivity contribution in [2.75, 3.05) is 5.43 Å². The standard InChI is InChI=1S/C21H19N5O/c1-14-12-19(27)24-21(23-14)25-22-13-17-16-10-6-7-11-18(16)26(2)20(17)15-8-4-3-5-9-15/h3-13H,1-2H3,(H2,23,24,25,27). The lowest BCUT2D eigenvalue weighted by Gasteiger charge is -2.06. The molecule has 0 spiro atoms. The molecule has 27 heavy (non-hydrogen) atoms. The summed E-state index contributed by atoms with van der Waals surface area (Å²) in [4.78, 5) is 18.4. The van der Waals surface area contributed by atoms with Crippen LogP contribution in [0.3, 0.4) is 0 Å². The molecule has 2 aromatic carbocycles. The molecule has 4 aromatic rings. The number of anilines is 1. The van der Waals surface area contributed by atoms with Gasteiger partial charge in [0.1, 0.15) is 0 Å². The third-order valence-electron chi connectivity index (χ3n) is 4.43. The molecule has 0 unspecified atom stereocenters.